The summed E-state index contributed by atoms with van der Waals surface area (Å²) in [6.07, 6.45) is 1.86. The Hall–Kier alpha value is -2.31. The molecule has 1 aliphatic rings. The number of allylic oxidation sites excluding steroid dienone is 1. The third-order valence-electron chi connectivity index (χ3n) is 3.59. The van der Waals surface area contributed by atoms with Gasteiger partial charge in [-0.05, 0) is 11.8 Å². The summed E-state index contributed by atoms with van der Waals surface area (Å²) in [6.45, 7) is 7.84. The van der Waals surface area contributed by atoms with Crippen molar-refractivity contribution < 1.29 is 0 Å². The van der Waals surface area contributed by atoms with Crippen LogP contribution < -0.4 is 20.5 Å². The van der Waals surface area contributed by atoms with E-state index in [1.165, 1.54) is 15.9 Å². The molecule has 6 heteroatoms. The van der Waals surface area contributed by atoms with E-state index in [1.54, 1.807) is 0 Å². The van der Waals surface area contributed by atoms with E-state index in [0.717, 1.165) is 0 Å². The van der Waals surface area contributed by atoms with Gasteiger partial charge >= 0.3 is 0 Å². The largest absolute Gasteiger partial charge is 0.384 e. The Morgan fingerprint density at radius 2 is 1.82 bits per heavy atom. The Labute approximate surface area is 132 Å². The van der Waals surface area contributed by atoms with Crippen LogP contribution >= 0.6 is 11.3 Å². The Kier molecular flexibility index (Phi) is 4.25. The number of nitriles is 2. The molecule has 5 nitrogen and oxygen atoms in total. The highest BCUT2D eigenvalue weighted by Gasteiger charge is 2.32. The van der Waals surface area contributed by atoms with Crippen molar-refractivity contribution in [2.45, 2.75) is 27.7 Å². The van der Waals surface area contributed by atoms with Crippen LogP contribution in [0.15, 0.2) is 10.4 Å². The number of hydrogen-bond donors (Lipinski definition) is 1. The van der Waals surface area contributed by atoms with E-state index in [1.807, 2.05) is 33.8 Å². The van der Waals surface area contributed by atoms with Crippen molar-refractivity contribution in [1.82, 2.24) is 4.57 Å². The fraction of sp³-hybridized carbons (Fsp3) is 0.438. The number of nitrogens with zero attached hydrogens (tertiary/aromatic N) is 3. The SMILES string of the molecule is CC(C)C=c1sc2n(c1=O)C(N)=C(C#N)C(C(C)C)C=2C#N. The molecule has 0 radical (unpaired) electrons. The molecule has 114 valence electrons. The van der Waals surface area contributed by atoms with Gasteiger partial charge in [-0.1, -0.05) is 33.8 Å². The third-order valence-corrected chi connectivity index (χ3v) is 4.71. The third kappa shape index (κ3) is 2.36. The van der Waals surface area contributed by atoms with E-state index in [-0.39, 0.29) is 29.1 Å². The van der Waals surface area contributed by atoms with Crippen molar-refractivity contribution in [3.63, 3.8) is 0 Å². The van der Waals surface area contributed by atoms with Gasteiger partial charge in [-0.25, -0.2) is 0 Å². The maximum absolute atomic E-state index is 12.6. The second kappa shape index (κ2) is 5.82. The average molecular weight is 314 g/mol. The smallest absolute Gasteiger partial charge is 0.274 e. The zero-order valence-electron chi connectivity index (χ0n) is 13.0. The zero-order chi connectivity index (χ0) is 16.6. The van der Waals surface area contributed by atoms with E-state index in [2.05, 4.69) is 12.1 Å². The van der Waals surface area contributed by atoms with E-state index in [0.29, 0.717) is 20.3 Å². The molecular weight excluding hydrogens is 296 g/mol. The fourth-order valence-electron chi connectivity index (χ4n) is 2.67. The molecule has 0 aliphatic carbocycles. The molecule has 2 heterocycles. The fourth-order valence-corrected chi connectivity index (χ4v) is 3.95. The van der Waals surface area contributed by atoms with Crippen LogP contribution in [0.2, 0.25) is 0 Å². The molecule has 1 aliphatic heterocycles. The summed E-state index contributed by atoms with van der Waals surface area (Å²) in [6, 6.07) is 4.27. The summed E-state index contributed by atoms with van der Waals surface area (Å²) in [5, 5.41) is 19.0. The lowest BCUT2D eigenvalue weighted by Gasteiger charge is -2.24. The second-order valence-electron chi connectivity index (χ2n) is 5.98. The summed E-state index contributed by atoms with van der Waals surface area (Å²) in [4.78, 5) is 12.6. The first-order valence-corrected chi connectivity index (χ1v) is 7.93. The summed E-state index contributed by atoms with van der Waals surface area (Å²) in [7, 11) is 0. The number of aromatic nitrogens is 1. The normalized spacial score (nSPS) is 18.6. The van der Waals surface area contributed by atoms with Crippen molar-refractivity contribution in [1.29, 1.82) is 10.5 Å². The Bertz CT molecular complexity index is 900. The number of fused-ring (bicyclic) bond motifs is 1. The van der Waals surface area contributed by atoms with Gasteiger partial charge in [0.25, 0.3) is 5.56 Å². The van der Waals surface area contributed by atoms with Crippen LogP contribution in [0.3, 0.4) is 0 Å². The Balaban J connectivity index is 3.01. The van der Waals surface area contributed by atoms with Crippen LogP contribution in [-0.2, 0) is 0 Å². The first kappa shape index (κ1) is 16.1. The van der Waals surface area contributed by atoms with Gasteiger partial charge in [-0.2, -0.15) is 10.5 Å². The molecule has 0 saturated heterocycles. The van der Waals surface area contributed by atoms with Crippen LogP contribution in [0.5, 0.6) is 0 Å². The Morgan fingerprint density at radius 1 is 1.23 bits per heavy atom. The minimum absolute atomic E-state index is 0.0475. The first-order chi connectivity index (χ1) is 10.3. The lowest BCUT2D eigenvalue weighted by molar-refractivity contribution is 0.542. The van der Waals surface area contributed by atoms with Gasteiger partial charge in [0.15, 0.2) is 0 Å². The molecule has 0 aromatic carbocycles. The predicted molar refractivity (Wildman–Crippen MR) is 87.5 cm³/mol. The molecular formula is C16H18N4OS. The Morgan fingerprint density at radius 3 is 2.27 bits per heavy atom. The lowest BCUT2D eigenvalue weighted by atomic mass is 9.82. The molecule has 2 N–H and O–H groups in total. The van der Waals surface area contributed by atoms with Gasteiger partial charge in [-0.3, -0.25) is 9.36 Å². The maximum Gasteiger partial charge on any atom is 0.274 e. The zero-order valence-corrected chi connectivity index (χ0v) is 13.9. The predicted octanol–water partition coefficient (Wildman–Crippen LogP) is 0.957. The minimum atomic E-state index is -0.361. The molecule has 0 spiro atoms. The first-order valence-electron chi connectivity index (χ1n) is 7.11. The van der Waals surface area contributed by atoms with Gasteiger partial charge in [0.2, 0.25) is 0 Å². The molecule has 1 atom stereocenters. The van der Waals surface area contributed by atoms with Gasteiger partial charge < -0.3 is 5.73 Å². The second-order valence-corrected chi connectivity index (χ2v) is 7.01. The highest BCUT2D eigenvalue weighted by atomic mass is 32.1. The number of nitrogens with two attached hydrogens (primary N) is 1. The maximum atomic E-state index is 12.6. The standard InChI is InChI=1S/C16H18N4OS/c1-8(2)5-12-15(21)20-14(19)10(6-17)13(9(3)4)11(7-18)16(20)22-12/h5,8-9,13H,19H2,1-4H3. The highest BCUT2D eigenvalue weighted by Crippen LogP contribution is 2.32. The molecule has 22 heavy (non-hydrogen) atoms. The van der Waals surface area contributed by atoms with Crippen molar-refractivity contribution in [3.8, 4) is 12.1 Å². The van der Waals surface area contributed by atoms with Gasteiger partial charge in [0, 0.05) is 5.92 Å². The van der Waals surface area contributed by atoms with Crippen molar-refractivity contribution in [3.05, 3.63) is 25.1 Å². The lowest BCUT2D eigenvalue weighted by Crippen LogP contribution is -2.39. The minimum Gasteiger partial charge on any atom is -0.384 e. The van der Waals surface area contributed by atoms with E-state index >= 15 is 0 Å². The van der Waals surface area contributed by atoms with Gasteiger partial charge in [0.05, 0.1) is 27.8 Å². The number of rotatable bonds is 2. The van der Waals surface area contributed by atoms with Crippen molar-refractivity contribution >= 4 is 28.8 Å². The highest BCUT2D eigenvalue weighted by molar-refractivity contribution is 7.07. The topological polar surface area (TPSA) is 95.6 Å². The molecule has 2 rings (SSSR count). The van der Waals surface area contributed by atoms with Crippen molar-refractivity contribution in [2.75, 3.05) is 0 Å². The quantitative estimate of drug-likeness (QED) is 0.879. The summed E-state index contributed by atoms with van der Waals surface area (Å²) in [5.41, 5.74) is 6.58. The summed E-state index contributed by atoms with van der Waals surface area (Å²) in [5.74, 6) is 0.0478. The summed E-state index contributed by atoms with van der Waals surface area (Å²) < 4.78 is 2.42. The molecule has 0 amide bonds. The molecule has 0 bridgehead atoms. The van der Waals surface area contributed by atoms with E-state index in [9.17, 15) is 15.3 Å². The van der Waals surface area contributed by atoms with Crippen LogP contribution in [0.4, 0.5) is 0 Å². The van der Waals surface area contributed by atoms with Crippen LogP contribution in [0.25, 0.3) is 17.5 Å². The van der Waals surface area contributed by atoms with Gasteiger partial charge in [-0.15, -0.1) is 11.3 Å². The molecule has 1 aromatic rings. The number of thiazole rings is 1. The van der Waals surface area contributed by atoms with E-state index < -0.39 is 0 Å². The molecule has 0 saturated carbocycles. The average Bonchev–Trinajstić information content (AvgIpc) is 2.75. The van der Waals surface area contributed by atoms with Gasteiger partial charge in [0.1, 0.15) is 10.5 Å². The summed E-state index contributed by atoms with van der Waals surface area (Å²) >= 11 is 1.27. The van der Waals surface area contributed by atoms with Crippen LogP contribution in [0.1, 0.15) is 27.7 Å². The molecule has 1 aromatic heterocycles. The van der Waals surface area contributed by atoms with Crippen LogP contribution in [-0.4, -0.2) is 4.57 Å². The number of hydrogen-bond acceptors (Lipinski definition) is 5. The van der Waals surface area contributed by atoms with E-state index in [4.69, 9.17) is 5.73 Å². The monoisotopic (exact) mass is 314 g/mol. The van der Waals surface area contributed by atoms with Crippen molar-refractivity contribution in [2.24, 2.45) is 23.5 Å². The molecule has 0 fully saturated rings. The molecule has 1 unspecified atom stereocenters. The van der Waals surface area contributed by atoms with Crippen LogP contribution in [0, 0.1) is 40.4 Å².